The number of fused-ring (bicyclic) bond motifs is 1. The van der Waals surface area contributed by atoms with Gasteiger partial charge in [0.25, 0.3) is 0 Å². The van der Waals surface area contributed by atoms with Gasteiger partial charge in [-0.25, -0.2) is 0 Å². The number of hydrogen-bond donors (Lipinski definition) is 1. The molecule has 0 saturated heterocycles. The number of nitrogens with one attached hydrogen (secondary N) is 1. The van der Waals surface area contributed by atoms with Crippen molar-refractivity contribution in [3.05, 3.63) is 63.4 Å². The molecule has 2 aromatic rings. The van der Waals surface area contributed by atoms with E-state index in [4.69, 9.17) is 23.2 Å². The topological polar surface area (TPSA) is 42.0 Å². The molecule has 0 radical (unpaired) electrons. The van der Waals surface area contributed by atoms with E-state index in [1.165, 1.54) is 0 Å². The SMILES string of the molecule is O=C(Cc1cccnc1)NC1CCc2c1ccc(Cl)c2Cl. The van der Waals surface area contributed by atoms with Crippen LogP contribution in [0.2, 0.25) is 10.0 Å². The Morgan fingerprint density at radius 2 is 2.19 bits per heavy atom. The van der Waals surface area contributed by atoms with E-state index in [1.54, 1.807) is 18.5 Å². The van der Waals surface area contributed by atoms with Crippen LogP contribution in [0, 0.1) is 0 Å². The Morgan fingerprint density at radius 1 is 1.33 bits per heavy atom. The number of halogens is 2. The van der Waals surface area contributed by atoms with Crippen LogP contribution in [0.25, 0.3) is 0 Å². The second-order valence-electron chi connectivity index (χ2n) is 5.13. The molecule has 1 aromatic heterocycles. The van der Waals surface area contributed by atoms with Crippen molar-refractivity contribution >= 4 is 29.1 Å². The van der Waals surface area contributed by atoms with Crippen LogP contribution in [-0.2, 0) is 17.6 Å². The standard InChI is InChI=1S/C16H14Cl2N2O/c17-13-5-3-11-12(16(13)18)4-6-14(11)20-15(21)8-10-2-1-7-19-9-10/h1-3,5,7,9,14H,4,6,8H2,(H,20,21). The number of nitrogens with zero attached hydrogens (tertiary/aromatic N) is 1. The predicted octanol–water partition coefficient (Wildman–Crippen LogP) is 3.73. The van der Waals surface area contributed by atoms with Crippen LogP contribution >= 0.6 is 23.2 Å². The maximum atomic E-state index is 12.1. The van der Waals surface area contributed by atoms with E-state index in [0.717, 1.165) is 29.5 Å². The Morgan fingerprint density at radius 3 is 2.95 bits per heavy atom. The fourth-order valence-corrected chi connectivity index (χ4v) is 3.16. The summed E-state index contributed by atoms with van der Waals surface area (Å²) in [7, 11) is 0. The van der Waals surface area contributed by atoms with Crippen molar-refractivity contribution in [2.45, 2.75) is 25.3 Å². The maximum absolute atomic E-state index is 12.1. The molecule has 108 valence electrons. The Balaban J connectivity index is 1.71. The van der Waals surface area contributed by atoms with Gasteiger partial charge in [-0.1, -0.05) is 35.3 Å². The molecule has 1 N–H and O–H groups in total. The summed E-state index contributed by atoms with van der Waals surface area (Å²) < 4.78 is 0. The van der Waals surface area contributed by atoms with Gasteiger partial charge in [-0.2, -0.15) is 0 Å². The highest BCUT2D eigenvalue weighted by Gasteiger charge is 2.26. The zero-order valence-corrected chi connectivity index (χ0v) is 12.8. The van der Waals surface area contributed by atoms with Crippen molar-refractivity contribution in [3.63, 3.8) is 0 Å². The lowest BCUT2D eigenvalue weighted by molar-refractivity contribution is -0.121. The molecule has 1 heterocycles. The zero-order chi connectivity index (χ0) is 14.8. The molecule has 5 heteroatoms. The highest BCUT2D eigenvalue weighted by molar-refractivity contribution is 6.42. The molecule has 1 unspecified atom stereocenters. The molecule has 3 nitrogen and oxygen atoms in total. The smallest absolute Gasteiger partial charge is 0.224 e. The molecule has 1 atom stereocenters. The van der Waals surface area contributed by atoms with E-state index in [1.807, 2.05) is 18.2 Å². The van der Waals surface area contributed by atoms with Crippen molar-refractivity contribution in [2.24, 2.45) is 0 Å². The summed E-state index contributed by atoms with van der Waals surface area (Å²) in [6.07, 6.45) is 5.43. The molecule has 0 aliphatic heterocycles. The van der Waals surface area contributed by atoms with Crippen LogP contribution in [0.3, 0.4) is 0 Å². The van der Waals surface area contributed by atoms with Crippen molar-refractivity contribution in [1.29, 1.82) is 0 Å². The first-order valence-electron chi connectivity index (χ1n) is 6.80. The quantitative estimate of drug-likeness (QED) is 0.936. The van der Waals surface area contributed by atoms with Crippen LogP contribution in [0.4, 0.5) is 0 Å². The molecule has 0 saturated carbocycles. The van der Waals surface area contributed by atoms with Crippen LogP contribution < -0.4 is 5.32 Å². The fraction of sp³-hybridized carbons (Fsp3) is 0.250. The van der Waals surface area contributed by atoms with Crippen LogP contribution in [0.1, 0.15) is 29.2 Å². The van der Waals surface area contributed by atoms with Gasteiger partial charge in [0.15, 0.2) is 0 Å². The van der Waals surface area contributed by atoms with Crippen molar-refractivity contribution < 1.29 is 4.79 Å². The number of carbonyl (C=O) groups excluding carboxylic acids is 1. The first-order chi connectivity index (χ1) is 10.1. The first-order valence-corrected chi connectivity index (χ1v) is 7.56. The largest absolute Gasteiger partial charge is 0.349 e. The summed E-state index contributed by atoms with van der Waals surface area (Å²) in [6, 6.07) is 7.47. The lowest BCUT2D eigenvalue weighted by Gasteiger charge is -2.14. The molecule has 0 bridgehead atoms. The third-order valence-corrected chi connectivity index (χ3v) is 4.56. The number of rotatable bonds is 3. The molecule has 0 spiro atoms. The molecule has 21 heavy (non-hydrogen) atoms. The second-order valence-corrected chi connectivity index (χ2v) is 5.91. The summed E-state index contributed by atoms with van der Waals surface area (Å²) in [5, 5.41) is 4.24. The third kappa shape index (κ3) is 3.04. The van der Waals surface area contributed by atoms with Crippen molar-refractivity contribution in [2.75, 3.05) is 0 Å². The summed E-state index contributed by atoms with van der Waals surface area (Å²) in [5.74, 6) is -0.00748. The summed E-state index contributed by atoms with van der Waals surface area (Å²) >= 11 is 12.2. The Bertz CT molecular complexity index is 673. The Labute approximate surface area is 133 Å². The number of carbonyl (C=O) groups is 1. The average molecular weight is 321 g/mol. The van der Waals surface area contributed by atoms with E-state index < -0.39 is 0 Å². The number of aromatic nitrogens is 1. The van der Waals surface area contributed by atoms with E-state index in [2.05, 4.69) is 10.3 Å². The number of hydrogen-bond acceptors (Lipinski definition) is 2. The molecule has 3 rings (SSSR count). The Hall–Kier alpha value is -1.58. The van der Waals surface area contributed by atoms with Gasteiger partial charge in [0.2, 0.25) is 5.91 Å². The van der Waals surface area contributed by atoms with Crippen LogP contribution in [0.15, 0.2) is 36.7 Å². The summed E-state index contributed by atoms with van der Waals surface area (Å²) in [4.78, 5) is 16.1. The van der Waals surface area contributed by atoms with Gasteiger partial charge < -0.3 is 5.32 Å². The van der Waals surface area contributed by atoms with Crippen molar-refractivity contribution in [3.8, 4) is 0 Å². The molecule has 1 amide bonds. The van der Waals surface area contributed by atoms with Crippen LogP contribution in [0.5, 0.6) is 0 Å². The van der Waals surface area contributed by atoms with Gasteiger partial charge in [0, 0.05) is 12.4 Å². The number of pyridine rings is 1. The molecule has 1 aliphatic rings. The second kappa shape index (κ2) is 6.04. The van der Waals surface area contributed by atoms with E-state index in [9.17, 15) is 4.79 Å². The van der Waals surface area contributed by atoms with Gasteiger partial charge >= 0.3 is 0 Å². The monoisotopic (exact) mass is 320 g/mol. The van der Waals surface area contributed by atoms with Gasteiger partial charge in [-0.05, 0) is 41.7 Å². The molecule has 1 aromatic carbocycles. The van der Waals surface area contributed by atoms with E-state index in [0.29, 0.717) is 16.5 Å². The minimum Gasteiger partial charge on any atom is -0.349 e. The van der Waals surface area contributed by atoms with Gasteiger partial charge in [0.05, 0.1) is 22.5 Å². The fourth-order valence-electron chi connectivity index (χ4n) is 2.72. The molecule has 0 fully saturated rings. The normalized spacial score (nSPS) is 16.6. The highest BCUT2D eigenvalue weighted by Crippen LogP contribution is 2.39. The number of amides is 1. The summed E-state index contributed by atoms with van der Waals surface area (Å²) in [6.45, 7) is 0. The summed E-state index contributed by atoms with van der Waals surface area (Å²) in [5.41, 5.74) is 3.03. The van der Waals surface area contributed by atoms with E-state index in [-0.39, 0.29) is 11.9 Å². The average Bonchev–Trinajstić information content (AvgIpc) is 2.87. The highest BCUT2D eigenvalue weighted by atomic mass is 35.5. The zero-order valence-electron chi connectivity index (χ0n) is 11.3. The number of benzene rings is 1. The van der Waals surface area contributed by atoms with Crippen LogP contribution in [-0.4, -0.2) is 10.9 Å². The molecular weight excluding hydrogens is 307 g/mol. The van der Waals surface area contributed by atoms with E-state index >= 15 is 0 Å². The van der Waals surface area contributed by atoms with Crippen molar-refractivity contribution in [1.82, 2.24) is 10.3 Å². The Kier molecular flexibility index (Phi) is 4.13. The lowest BCUT2D eigenvalue weighted by atomic mass is 10.1. The van der Waals surface area contributed by atoms with Gasteiger partial charge in [-0.15, -0.1) is 0 Å². The maximum Gasteiger partial charge on any atom is 0.224 e. The first kappa shape index (κ1) is 14.4. The lowest BCUT2D eigenvalue weighted by Crippen LogP contribution is -2.28. The third-order valence-electron chi connectivity index (χ3n) is 3.71. The minimum absolute atomic E-state index is 0.00748. The molecule has 1 aliphatic carbocycles. The van der Waals surface area contributed by atoms with Gasteiger partial charge in [-0.3, -0.25) is 9.78 Å². The molecular formula is C16H14Cl2N2O. The van der Waals surface area contributed by atoms with Gasteiger partial charge in [0.1, 0.15) is 0 Å². The minimum atomic E-state index is -0.00748. The predicted molar refractivity (Wildman–Crippen MR) is 83.6 cm³/mol.